The topological polar surface area (TPSA) is 72.2 Å². The number of benzene rings is 1. The van der Waals surface area contributed by atoms with E-state index in [4.69, 9.17) is 5.73 Å². The minimum Gasteiger partial charge on any atom is -0.352 e. The van der Waals surface area contributed by atoms with Crippen molar-refractivity contribution in [2.75, 3.05) is 0 Å². The third kappa shape index (κ3) is 4.23. The van der Waals surface area contributed by atoms with Crippen LogP contribution in [0.3, 0.4) is 0 Å². The molecular formula is C12H16N2O2. The van der Waals surface area contributed by atoms with Crippen LogP contribution in [-0.2, 0) is 22.7 Å². The molecule has 0 aliphatic heterocycles. The third-order valence-corrected chi connectivity index (χ3v) is 2.13. The van der Waals surface area contributed by atoms with Crippen LogP contribution in [-0.4, -0.2) is 11.7 Å². The smallest absolute Gasteiger partial charge is 0.227 e. The Morgan fingerprint density at radius 2 is 2.00 bits per heavy atom. The molecule has 0 bridgehead atoms. The lowest BCUT2D eigenvalue weighted by Gasteiger charge is -2.05. The maximum atomic E-state index is 11.2. The van der Waals surface area contributed by atoms with Crippen molar-refractivity contribution < 1.29 is 9.59 Å². The van der Waals surface area contributed by atoms with E-state index in [0.29, 0.717) is 13.1 Å². The van der Waals surface area contributed by atoms with Crippen LogP contribution in [0.15, 0.2) is 24.3 Å². The molecule has 3 N–H and O–H groups in total. The summed E-state index contributed by atoms with van der Waals surface area (Å²) in [4.78, 5) is 21.9. The number of hydrogen-bond donors (Lipinski definition) is 2. The number of nitrogens with two attached hydrogens (primary N) is 1. The Morgan fingerprint density at radius 3 is 2.62 bits per heavy atom. The maximum Gasteiger partial charge on any atom is 0.227 e. The largest absolute Gasteiger partial charge is 0.352 e. The fourth-order valence-corrected chi connectivity index (χ4v) is 1.36. The zero-order chi connectivity index (χ0) is 12.0. The summed E-state index contributed by atoms with van der Waals surface area (Å²) in [5.41, 5.74) is 7.52. The number of carbonyl (C=O) groups excluding carboxylic acids is 2. The predicted molar refractivity (Wildman–Crippen MR) is 61.5 cm³/mol. The standard InChI is InChI=1S/C12H16N2O2/c1-9(15)5-12(16)14-8-11-4-2-3-10(6-11)7-13/h2-4,6H,5,7-8,13H2,1H3,(H,14,16). The highest BCUT2D eigenvalue weighted by molar-refractivity contribution is 5.96. The quantitative estimate of drug-likeness (QED) is 0.719. The Labute approximate surface area is 94.8 Å². The van der Waals surface area contributed by atoms with E-state index in [2.05, 4.69) is 5.32 Å². The average Bonchev–Trinajstić information content (AvgIpc) is 2.26. The average molecular weight is 220 g/mol. The van der Waals surface area contributed by atoms with Gasteiger partial charge in [0.15, 0.2) is 0 Å². The number of ketones is 1. The normalized spacial score (nSPS) is 9.88. The molecule has 0 aromatic heterocycles. The Kier molecular flexibility index (Phi) is 4.66. The second-order valence-electron chi connectivity index (χ2n) is 3.68. The molecule has 0 heterocycles. The van der Waals surface area contributed by atoms with Crippen molar-refractivity contribution in [3.05, 3.63) is 35.4 Å². The van der Waals surface area contributed by atoms with Gasteiger partial charge in [-0.3, -0.25) is 9.59 Å². The van der Waals surface area contributed by atoms with Crippen molar-refractivity contribution in [3.8, 4) is 0 Å². The highest BCUT2D eigenvalue weighted by Crippen LogP contribution is 2.04. The van der Waals surface area contributed by atoms with E-state index >= 15 is 0 Å². The fraction of sp³-hybridized carbons (Fsp3) is 0.333. The van der Waals surface area contributed by atoms with Gasteiger partial charge in [-0.05, 0) is 18.1 Å². The molecule has 4 nitrogen and oxygen atoms in total. The van der Waals surface area contributed by atoms with Gasteiger partial charge >= 0.3 is 0 Å². The van der Waals surface area contributed by atoms with Crippen LogP contribution in [0.25, 0.3) is 0 Å². The summed E-state index contributed by atoms with van der Waals surface area (Å²) in [6.45, 7) is 2.31. The number of hydrogen-bond acceptors (Lipinski definition) is 3. The van der Waals surface area contributed by atoms with Gasteiger partial charge in [-0.15, -0.1) is 0 Å². The van der Waals surface area contributed by atoms with Crippen LogP contribution in [0.4, 0.5) is 0 Å². The highest BCUT2D eigenvalue weighted by atomic mass is 16.2. The summed E-state index contributed by atoms with van der Waals surface area (Å²) >= 11 is 0. The fourth-order valence-electron chi connectivity index (χ4n) is 1.36. The maximum absolute atomic E-state index is 11.2. The van der Waals surface area contributed by atoms with Crippen molar-refractivity contribution in [2.45, 2.75) is 26.4 Å². The van der Waals surface area contributed by atoms with E-state index in [1.165, 1.54) is 6.92 Å². The molecule has 1 rings (SSSR count). The van der Waals surface area contributed by atoms with Gasteiger partial charge in [0.2, 0.25) is 5.91 Å². The zero-order valence-corrected chi connectivity index (χ0v) is 9.32. The Balaban J connectivity index is 2.47. The van der Waals surface area contributed by atoms with Crippen molar-refractivity contribution in [2.24, 2.45) is 5.73 Å². The minimum atomic E-state index is -0.245. The summed E-state index contributed by atoms with van der Waals surface area (Å²) in [6, 6.07) is 7.68. The first kappa shape index (κ1) is 12.4. The Bertz CT molecular complexity index is 388. The van der Waals surface area contributed by atoms with Crippen molar-refractivity contribution in [3.63, 3.8) is 0 Å². The molecule has 0 spiro atoms. The predicted octanol–water partition coefficient (Wildman–Crippen LogP) is 0.741. The minimum absolute atomic E-state index is 0.0589. The molecule has 0 saturated carbocycles. The van der Waals surface area contributed by atoms with Gasteiger partial charge in [-0.2, -0.15) is 0 Å². The summed E-state index contributed by atoms with van der Waals surface area (Å²) in [5.74, 6) is -0.376. The van der Waals surface area contributed by atoms with E-state index < -0.39 is 0 Å². The number of Topliss-reactive ketones (excluding diaryl/α,β-unsaturated/α-hetero) is 1. The van der Waals surface area contributed by atoms with Crippen LogP contribution in [0.5, 0.6) is 0 Å². The zero-order valence-electron chi connectivity index (χ0n) is 9.32. The first-order valence-corrected chi connectivity index (χ1v) is 5.16. The molecule has 0 saturated heterocycles. The number of rotatable bonds is 5. The molecule has 0 aliphatic carbocycles. The first-order chi connectivity index (χ1) is 7.61. The molecule has 1 aromatic carbocycles. The second kappa shape index (κ2) is 6.02. The molecular weight excluding hydrogens is 204 g/mol. The van der Waals surface area contributed by atoms with Gasteiger partial charge in [0, 0.05) is 13.1 Å². The van der Waals surface area contributed by atoms with Crippen molar-refractivity contribution in [1.82, 2.24) is 5.32 Å². The second-order valence-corrected chi connectivity index (χ2v) is 3.68. The SMILES string of the molecule is CC(=O)CC(=O)NCc1cccc(CN)c1. The van der Waals surface area contributed by atoms with Gasteiger partial charge < -0.3 is 11.1 Å². The monoisotopic (exact) mass is 220 g/mol. The lowest BCUT2D eigenvalue weighted by molar-refractivity contribution is -0.127. The van der Waals surface area contributed by atoms with Crippen LogP contribution < -0.4 is 11.1 Å². The molecule has 0 atom stereocenters. The van der Waals surface area contributed by atoms with E-state index in [1.807, 2.05) is 24.3 Å². The molecule has 16 heavy (non-hydrogen) atoms. The van der Waals surface area contributed by atoms with Crippen molar-refractivity contribution >= 4 is 11.7 Å². The van der Waals surface area contributed by atoms with Crippen molar-refractivity contribution in [1.29, 1.82) is 0 Å². The molecule has 4 heteroatoms. The van der Waals surface area contributed by atoms with Crippen LogP contribution >= 0.6 is 0 Å². The number of nitrogens with one attached hydrogen (secondary N) is 1. The summed E-state index contributed by atoms with van der Waals surface area (Å²) in [7, 11) is 0. The van der Waals surface area contributed by atoms with E-state index in [1.54, 1.807) is 0 Å². The summed E-state index contributed by atoms with van der Waals surface area (Å²) < 4.78 is 0. The van der Waals surface area contributed by atoms with Gasteiger partial charge in [0.25, 0.3) is 0 Å². The number of carbonyl (C=O) groups is 2. The van der Waals surface area contributed by atoms with Gasteiger partial charge in [0.1, 0.15) is 5.78 Å². The summed E-state index contributed by atoms with van der Waals surface area (Å²) in [6.07, 6.45) is -0.0589. The van der Waals surface area contributed by atoms with Crippen LogP contribution in [0, 0.1) is 0 Å². The molecule has 0 aliphatic rings. The number of amides is 1. The molecule has 1 amide bonds. The lowest BCUT2D eigenvalue weighted by atomic mass is 10.1. The molecule has 0 fully saturated rings. The van der Waals surface area contributed by atoms with Gasteiger partial charge in [-0.25, -0.2) is 0 Å². The molecule has 86 valence electrons. The van der Waals surface area contributed by atoms with E-state index in [9.17, 15) is 9.59 Å². The van der Waals surface area contributed by atoms with Crippen LogP contribution in [0.1, 0.15) is 24.5 Å². The highest BCUT2D eigenvalue weighted by Gasteiger charge is 2.04. The van der Waals surface area contributed by atoms with E-state index in [-0.39, 0.29) is 18.1 Å². The van der Waals surface area contributed by atoms with Gasteiger partial charge in [0.05, 0.1) is 6.42 Å². The first-order valence-electron chi connectivity index (χ1n) is 5.16. The molecule has 0 radical (unpaired) electrons. The molecule has 0 unspecified atom stereocenters. The molecule has 1 aromatic rings. The third-order valence-electron chi connectivity index (χ3n) is 2.13. The van der Waals surface area contributed by atoms with E-state index in [0.717, 1.165) is 11.1 Å². The lowest BCUT2D eigenvalue weighted by Crippen LogP contribution is -2.24. The Morgan fingerprint density at radius 1 is 1.31 bits per heavy atom. The Hall–Kier alpha value is -1.68. The van der Waals surface area contributed by atoms with Crippen LogP contribution in [0.2, 0.25) is 0 Å². The summed E-state index contributed by atoms with van der Waals surface area (Å²) in [5, 5.41) is 2.68. The van der Waals surface area contributed by atoms with Gasteiger partial charge in [-0.1, -0.05) is 24.3 Å².